The fraction of sp³-hybridized carbons (Fsp3) is 0.417. The third-order valence-corrected chi connectivity index (χ3v) is 2.65. The summed E-state index contributed by atoms with van der Waals surface area (Å²) in [7, 11) is 0. The predicted octanol–water partition coefficient (Wildman–Crippen LogP) is 3.02. The highest BCUT2D eigenvalue weighted by Crippen LogP contribution is 2.19. The molecule has 0 bridgehead atoms. The molecule has 0 aromatic carbocycles. The van der Waals surface area contributed by atoms with E-state index in [1.165, 1.54) is 0 Å². The number of H-pyrrole nitrogens is 1. The molecule has 0 aliphatic heterocycles. The lowest BCUT2D eigenvalue weighted by molar-refractivity contribution is 0.512. The van der Waals surface area contributed by atoms with Gasteiger partial charge in [0.15, 0.2) is 5.82 Å². The van der Waals surface area contributed by atoms with Gasteiger partial charge in [-0.05, 0) is 31.3 Å². The van der Waals surface area contributed by atoms with E-state index in [2.05, 4.69) is 36.1 Å². The first-order valence-electron chi connectivity index (χ1n) is 5.66. The number of furan rings is 1. The largest absolute Gasteiger partial charge is 0.460 e. The van der Waals surface area contributed by atoms with Crippen LogP contribution in [0.1, 0.15) is 38.1 Å². The summed E-state index contributed by atoms with van der Waals surface area (Å²) in [5.41, 5.74) is -0.135. The van der Waals surface area contributed by atoms with Gasteiger partial charge >= 0.3 is 0 Å². The van der Waals surface area contributed by atoms with Crippen LogP contribution in [0.5, 0.6) is 0 Å². The van der Waals surface area contributed by atoms with Crippen molar-refractivity contribution < 1.29 is 4.42 Å². The first-order chi connectivity index (χ1) is 8.38. The summed E-state index contributed by atoms with van der Waals surface area (Å²) in [6.45, 7) is 8.06. The molecule has 0 spiro atoms. The minimum atomic E-state index is -0.135. The molecule has 2 aromatic heterocycles. The molecular weight excluding hydrogens is 248 g/mol. The van der Waals surface area contributed by atoms with Crippen LogP contribution < -0.4 is 0 Å². The van der Waals surface area contributed by atoms with E-state index in [4.69, 9.17) is 16.6 Å². The fourth-order valence-corrected chi connectivity index (χ4v) is 1.70. The third-order valence-electron chi connectivity index (χ3n) is 2.38. The second-order valence-corrected chi connectivity index (χ2v) is 5.49. The lowest BCUT2D eigenvalue weighted by atomic mass is 9.96. The number of rotatable bonds is 2. The van der Waals surface area contributed by atoms with Gasteiger partial charge in [0, 0.05) is 5.41 Å². The van der Waals surface area contributed by atoms with Crippen molar-refractivity contribution in [2.45, 2.75) is 33.1 Å². The van der Waals surface area contributed by atoms with Crippen LogP contribution in [-0.4, -0.2) is 21.1 Å². The number of nitrogens with one attached hydrogen (secondary N) is 1. The molecule has 18 heavy (non-hydrogen) atoms. The summed E-state index contributed by atoms with van der Waals surface area (Å²) in [5.74, 6) is 2.32. The van der Waals surface area contributed by atoms with Gasteiger partial charge < -0.3 is 4.42 Å². The molecule has 0 aliphatic carbocycles. The Morgan fingerprint density at radius 1 is 1.44 bits per heavy atom. The number of aryl methyl sites for hydroxylation is 1. The zero-order valence-corrected chi connectivity index (χ0v) is 11.7. The summed E-state index contributed by atoms with van der Waals surface area (Å²) >= 11 is 5.16. The van der Waals surface area contributed by atoms with Gasteiger partial charge in [-0.2, -0.15) is 14.9 Å². The Labute approximate surface area is 111 Å². The van der Waals surface area contributed by atoms with E-state index in [1.54, 1.807) is 10.9 Å². The Bertz CT molecular complexity index is 627. The number of hydrogen-bond acceptors (Lipinski definition) is 4. The van der Waals surface area contributed by atoms with E-state index < -0.39 is 0 Å². The van der Waals surface area contributed by atoms with E-state index in [0.29, 0.717) is 10.5 Å². The molecule has 2 heterocycles. The normalized spacial score (nSPS) is 12.4. The summed E-state index contributed by atoms with van der Waals surface area (Å²) in [4.78, 5) is 0. The van der Waals surface area contributed by atoms with E-state index in [0.717, 1.165) is 11.6 Å². The Morgan fingerprint density at radius 3 is 2.72 bits per heavy atom. The highest BCUT2D eigenvalue weighted by molar-refractivity contribution is 7.71. The average molecular weight is 264 g/mol. The molecular formula is C12H16N4OS. The Morgan fingerprint density at radius 2 is 2.17 bits per heavy atom. The second-order valence-electron chi connectivity index (χ2n) is 5.11. The minimum Gasteiger partial charge on any atom is -0.460 e. The smallest absolute Gasteiger partial charge is 0.216 e. The molecule has 6 heteroatoms. The van der Waals surface area contributed by atoms with Crippen molar-refractivity contribution >= 4 is 18.4 Å². The molecule has 96 valence electrons. The second kappa shape index (κ2) is 4.53. The van der Waals surface area contributed by atoms with Crippen molar-refractivity contribution in [1.29, 1.82) is 0 Å². The van der Waals surface area contributed by atoms with Crippen molar-refractivity contribution in [3.05, 3.63) is 34.2 Å². The summed E-state index contributed by atoms with van der Waals surface area (Å²) in [6, 6.07) is 3.75. The lowest BCUT2D eigenvalue weighted by Gasteiger charge is -2.15. The summed E-state index contributed by atoms with van der Waals surface area (Å²) in [5, 5.41) is 11.3. The minimum absolute atomic E-state index is 0.135. The van der Waals surface area contributed by atoms with Gasteiger partial charge in [-0.25, -0.2) is 0 Å². The van der Waals surface area contributed by atoms with Crippen molar-refractivity contribution in [3.8, 4) is 0 Å². The predicted molar refractivity (Wildman–Crippen MR) is 72.5 cm³/mol. The SMILES string of the molecule is Cc1ccc(/C=N\n2c(C(C)(C)C)n[nH]c2=S)o1. The zero-order chi connectivity index (χ0) is 13.3. The number of hydrogen-bond donors (Lipinski definition) is 1. The van der Waals surface area contributed by atoms with Gasteiger partial charge in [-0.15, -0.1) is 0 Å². The Hall–Kier alpha value is -1.69. The maximum absolute atomic E-state index is 5.42. The molecule has 0 amide bonds. The van der Waals surface area contributed by atoms with Crippen LogP contribution in [0.2, 0.25) is 0 Å². The van der Waals surface area contributed by atoms with Gasteiger partial charge in [0.05, 0.1) is 6.21 Å². The van der Waals surface area contributed by atoms with Crippen molar-refractivity contribution in [2.24, 2.45) is 5.10 Å². The monoisotopic (exact) mass is 264 g/mol. The molecule has 2 aromatic rings. The maximum atomic E-state index is 5.42. The van der Waals surface area contributed by atoms with Crippen LogP contribution in [0.4, 0.5) is 0 Å². The topological polar surface area (TPSA) is 59.1 Å². The molecule has 1 N–H and O–H groups in total. The summed E-state index contributed by atoms with van der Waals surface area (Å²) in [6.07, 6.45) is 1.63. The van der Waals surface area contributed by atoms with Gasteiger partial charge in [0.25, 0.3) is 0 Å². The molecule has 0 saturated carbocycles. The van der Waals surface area contributed by atoms with Crippen LogP contribution in [0.3, 0.4) is 0 Å². The first-order valence-corrected chi connectivity index (χ1v) is 6.07. The van der Waals surface area contributed by atoms with Crippen molar-refractivity contribution in [2.75, 3.05) is 0 Å². The average Bonchev–Trinajstić information content (AvgIpc) is 2.81. The standard InChI is InChI=1S/C12H16N4OS/c1-8-5-6-9(17-8)7-13-16-10(12(2,3)4)14-15-11(16)18/h5-7H,1-4H3,(H,15,18)/b13-7-. The van der Waals surface area contributed by atoms with Crippen LogP contribution in [0.15, 0.2) is 21.7 Å². The highest BCUT2D eigenvalue weighted by atomic mass is 32.1. The molecule has 0 saturated heterocycles. The fourth-order valence-electron chi connectivity index (χ4n) is 1.52. The molecule has 0 aliphatic rings. The van der Waals surface area contributed by atoms with Crippen LogP contribution >= 0.6 is 12.2 Å². The molecule has 5 nitrogen and oxygen atoms in total. The molecule has 0 fully saturated rings. The van der Waals surface area contributed by atoms with E-state index in [1.807, 2.05) is 19.1 Å². The van der Waals surface area contributed by atoms with Gasteiger partial charge in [-0.3, -0.25) is 5.10 Å². The number of nitrogens with zero attached hydrogens (tertiary/aromatic N) is 3. The quantitative estimate of drug-likeness (QED) is 0.670. The van der Waals surface area contributed by atoms with E-state index >= 15 is 0 Å². The van der Waals surface area contributed by atoms with Crippen molar-refractivity contribution in [3.63, 3.8) is 0 Å². The van der Waals surface area contributed by atoms with Gasteiger partial charge in [0.1, 0.15) is 11.5 Å². The molecule has 2 rings (SSSR count). The van der Waals surface area contributed by atoms with Crippen LogP contribution in [0, 0.1) is 11.7 Å². The molecule has 0 unspecified atom stereocenters. The van der Waals surface area contributed by atoms with Gasteiger partial charge in [0.2, 0.25) is 4.77 Å². The lowest BCUT2D eigenvalue weighted by Crippen LogP contribution is -2.17. The third kappa shape index (κ3) is 2.59. The molecule has 0 radical (unpaired) electrons. The van der Waals surface area contributed by atoms with Crippen molar-refractivity contribution in [1.82, 2.24) is 14.9 Å². The van der Waals surface area contributed by atoms with Gasteiger partial charge in [-0.1, -0.05) is 20.8 Å². The number of aromatic nitrogens is 3. The Kier molecular flexibility index (Phi) is 3.21. The van der Waals surface area contributed by atoms with Crippen LogP contribution in [-0.2, 0) is 5.41 Å². The molecule has 0 atom stereocenters. The van der Waals surface area contributed by atoms with E-state index in [-0.39, 0.29) is 5.41 Å². The maximum Gasteiger partial charge on any atom is 0.216 e. The summed E-state index contributed by atoms with van der Waals surface area (Å²) < 4.78 is 7.51. The zero-order valence-electron chi connectivity index (χ0n) is 10.9. The van der Waals surface area contributed by atoms with Crippen LogP contribution in [0.25, 0.3) is 0 Å². The van der Waals surface area contributed by atoms with E-state index in [9.17, 15) is 0 Å². The number of aromatic amines is 1. The first kappa shape index (κ1) is 12.8. The Balaban J connectivity index is 2.37. The highest BCUT2D eigenvalue weighted by Gasteiger charge is 2.21.